The Labute approximate surface area is 104 Å². The van der Waals surface area contributed by atoms with Crippen LogP contribution in [0, 0.1) is 18.3 Å². The van der Waals surface area contributed by atoms with Crippen LogP contribution in [0.25, 0.3) is 0 Å². The summed E-state index contributed by atoms with van der Waals surface area (Å²) in [6.07, 6.45) is 9.67. The van der Waals surface area contributed by atoms with Crippen molar-refractivity contribution in [1.82, 2.24) is 0 Å². The van der Waals surface area contributed by atoms with Crippen LogP contribution in [-0.4, -0.2) is 23.1 Å². The van der Waals surface area contributed by atoms with E-state index in [4.69, 9.17) is 0 Å². The maximum atomic E-state index is 2.59. The molecule has 0 spiro atoms. The van der Waals surface area contributed by atoms with Gasteiger partial charge in [0.1, 0.15) is 0 Å². The molecule has 0 aliphatic heterocycles. The average molecular weight is 243 g/mol. The smallest absolute Gasteiger partial charge is 1.00 e. The number of hydrogen-bond acceptors (Lipinski definition) is 0. The van der Waals surface area contributed by atoms with E-state index in [1.54, 1.807) is 0 Å². The molecule has 1 aliphatic rings. The van der Waals surface area contributed by atoms with Gasteiger partial charge >= 0.3 is 23.1 Å². The largest absolute Gasteiger partial charge is 2.00 e. The van der Waals surface area contributed by atoms with Crippen molar-refractivity contribution in [3.8, 4) is 0 Å². The van der Waals surface area contributed by atoms with Crippen LogP contribution >= 0.6 is 0 Å². The molecule has 68 valence electrons. The van der Waals surface area contributed by atoms with Gasteiger partial charge in [0.05, 0.1) is 0 Å². The summed E-state index contributed by atoms with van der Waals surface area (Å²) in [5.74, 6) is 1.89. The summed E-state index contributed by atoms with van der Waals surface area (Å²) in [5, 5.41) is 0. The molecule has 0 aromatic heterocycles. The molecule has 0 N–H and O–H groups in total. The molecule has 0 amide bonds. The quantitative estimate of drug-likeness (QED) is 0.475. The van der Waals surface area contributed by atoms with E-state index in [0.29, 0.717) is 0 Å². The van der Waals surface area contributed by atoms with Crippen LogP contribution in [0.5, 0.6) is 0 Å². The monoisotopic (exact) mass is 242 g/mol. The molecule has 0 bridgehead atoms. The molecule has 0 radical (unpaired) electrons. The van der Waals surface area contributed by atoms with Gasteiger partial charge in [-0.3, -0.25) is 0 Å². The maximum Gasteiger partial charge on any atom is 2.00 e. The molecule has 1 fully saturated rings. The molecule has 0 heterocycles. The van der Waals surface area contributed by atoms with Gasteiger partial charge < -0.3 is 23.4 Å². The van der Waals surface area contributed by atoms with Crippen LogP contribution in [-0.2, 0) is 0 Å². The molecule has 1 saturated carbocycles. The Bertz CT molecular complexity index is 85.8. The minimum absolute atomic E-state index is 0. The molecular weight excluding hydrogens is 224 g/mol. The van der Waals surface area contributed by atoms with E-state index in [-0.39, 0.29) is 40.0 Å². The summed E-state index contributed by atoms with van der Waals surface area (Å²) in [5.41, 5.74) is 0. The van der Waals surface area contributed by atoms with Crippen molar-refractivity contribution < 1.29 is 17.0 Å². The third kappa shape index (κ3) is 5.08. The van der Waals surface area contributed by atoms with Gasteiger partial charge in [0, 0.05) is 0 Å². The van der Waals surface area contributed by atoms with Gasteiger partial charge in [-0.25, -0.2) is 0 Å². The molecule has 2 unspecified atom stereocenters. The van der Waals surface area contributed by atoms with Gasteiger partial charge in [-0.15, -0.1) is 0 Å². The fourth-order valence-electron chi connectivity index (χ4n) is 1.90. The fourth-order valence-corrected chi connectivity index (χ4v) is 1.90. The second kappa shape index (κ2) is 8.83. The van der Waals surface area contributed by atoms with Gasteiger partial charge in [0.25, 0.3) is 0 Å². The Morgan fingerprint density at radius 3 is 1.83 bits per heavy atom. The molecule has 0 aromatic carbocycles. The Morgan fingerprint density at radius 1 is 1.08 bits per heavy atom. The standard InChI is InChI=1S/C10H19.BrH.Mg/c1-3-9-6-5-7-10(4-2)8-9;;/h8-10H,3-7H2,1-2H3;1H;/q-1;;+2/p-1. The first-order valence-electron chi connectivity index (χ1n) is 4.71. The molecule has 1 rings (SSSR count). The van der Waals surface area contributed by atoms with Crippen molar-refractivity contribution in [2.45, 2.75) is 46.0 Å². The Kier molecular flexibility index (Phi) is 11.6. The van der Waals surface area contributed by atoms with Gasteiger partial charge in [-0.2, -0.15) is 11.8 Å². The van der Waals surface area contributed by atoms with Crippen LogP contribution in [0.1, 0.15) is 46.0 Å². The minimum Gasteiger partial charge on any atom is -1.00 e. The maximum absolute atomic E-state index is 2.59. The van der Waals surface area contributed by atoms with Gasteiger partial charge in [-0.1, -0.05) is 46.0 Å². The molecule has 1 aliphatic carbocycles. The van der Waals surface area contributed by atoms with Crippen molar-refractivity contribution >= 4 is 23.1 Å². The van der Waals surface area contributed by atoms with Gasteiger partial charge in [0.15, 0.2) is 0 Å². The van der Waals surface area contributed by atoms with Crippen LogP contribution in [0.4, 0.5) is 0 Å². The second-order valence-electron chi connectivity index (χ2n) is 3.46. The molecule has 0 aromatic rings. The van der Waals surface area contributed by atoms with Gasteiger partial charge in [-0.05, 0) is 0 Å². The third-order valence-corrected chi connectivity index (χ3v) is 2.74. The van der Waals surface area contributed by atoms with Crippen molar-refractivity contribution in [2.24, 2.45) is 11.8 Å². The first-order valence-corrected chi connectivity index (χ1v) is 4.71. The van der Waals surface area contributed by atoms with E-state index < -0.39 is 0 Å². The Balaban J connectivity index is 0. The zero-order valence-corrected chi connectivity index (χ0v) is 11.4. The first-order chi connectivity index (χ1) is 4.86. The summed E-state index contributed by atoms with van der Waals surface area (Å²) in [7, 11) is 0. The molecule has 0 saturated heterocycles. The number of rotatable bonds is 2. The minimum atomic E-state index is 0. The summed E-state index contributed by atoms with van der Waals surface area (Å²) >= 11 is 0. The fraction of sp³-hybridized carbons (Fsp3) is 0.900. The van der Waals surface area contributed by atoms with Crippen LogP contribution in [0.2, 0.25) is 0 Å². The Hall–Kier alpha value is 1.25. The molecule has 12 heavy (non-hydrogen) atoms. The SMILES string of the molecule is CCC1[CH-]C(CC)CCC1.[Br-].[Mg+2]. The zero-order valence-electron chi connectivity index (χ0n) is 8.35. The summed E-state index contributed by atoms with van der Waals surface area (Å²) in [4.78, 5) is 0. The molecule has 2 heteroatoms. The topological polar surface area (TPSA) is 0 Å². The van der Waals surface area contributed by atoms with Crippen LogP contribution in [0.3, 0.4) is 0 Å². The number of halogens is 1. The van der Waals surface area contributed by atoms with Crippen molar-refractivity contribution in [3.05, 3.63) is 6.42 Å². The summed E-state index contributed by atoms with van der Waals surface area (Å²) in [6, 6.07) is 0. The Morgan fingerprint density at radius 2 is 1.50 bits per heavy atom. The molecular formula is C10H19BrMg. The predicted molar refractivity (Wildman–Crippen MR) is 51.5 cm³/mol. The predicted octanol–water partition coefficient (Wildman–Crippen LogP) is 0.0502. The van der Waals surface area contributed by atoms with Gasteiger partial charge in [0.2, 0.25) is 0 Å². The molecule has 0 nitrogen and oxygen atoms in total. The van der Waals surface area contributed by atoms with Crippen LogP contribution < -0.4 is 17.0 Å². The third-order valence-electron chi connectivity index (χ3n) is 2.74. The zero-order chi connectivity index (χ0) is 7.40. The van der Waals surface area contributed by atoms with E-state index >= 15 is 0 Å². The van der Waals surface area contributed by atoms with Crippen molar-refractivity contribution in [3.63, 3.8) is 0 Å². The average Bonchev–Trinajstić information content (AvgIpc) is 2.05. The van der Waals surface area contributed by atoms with Crippen LogP contribution in [0.15, 0.2) is 0 Å². The summed E-state index contributed by atoms with van der Waals surface area (Å²) in [6.45, 7) is 4.61. The van der Waals surface area contributed by atoms with E-state index in [2.05, 4.69) is 20.3 Å². The van der Waals surface area contributed by atoms with E-state index in [1.807, 2.05) is 0 Å². The normalized spacial score (nSPS) is 28.5. The van der Waals surface area contributed by atoms with E-state index in [0.717, 1.165) is 11.8 Å². The van der Waals surface area contributed by atoms with E-state index in [9.17, 15) is 0 Å². The van der Waals surface area contributed by atoms with Crippen molar-refractivity contribution in [2.75, 3.05) is 0 Å². The first kappa shape index (κ1) is 15.7. The number of hydrogen-bond donors (Lipinski definition) is 0. The second-order valence-corrected chi connectivity index (χ2v) is 3.46. The van der Waals surface area contributed by atoms with Crippen molar-refractivity contribution in [1.29, 1.82) is 0 Å². The summed E-state index contributed by atoms with van der Waals surface area (Å²) < 4.78 is 0. The molecule has 2 atom stereocenters. The van der Waals surface area contributed by atoms with E-state index in [1.165, 1.54) is 32.1 Å².